The number of nitrogens with zero attached hydrogens (tertiary/aromatic N) is 3. The lowest BCUT2D eigenvalue weighted by atomic mass is 10.0. The van der Waals surface area contributed by atoms with Crippen LogP contribution in [0.15, 0.2) is 58.5 Å². The zero-order valence-electron chi connectivity index (χ0n) is 16.4. The molecule has 0 spiro atoms. The van der Waals surface area contributed by atoms with Gasteiger partial charge in [0, 0.05) is 29.0 Å². The van der Waals surface area contributed by atoms with E-state index >= 15 is 0 Å². The highest BCUT2D eigenvalue weighted by molar-refractivity contribution is 7.90. The number of sulfone groups is 1. The molecule has 31 heavy (non-hydrogen) atoms. The Bertz CT molecular complexity index is 1510. The van der Waals surface area contributed by atoms with E-state index in [0.29, 0.717) is 15.8 Å². The monoisotopic (exact) mass is 442 g/mol. The van der Waals surface area contributed by atoms with E-state index < -0.39 is 37.9 Å². The molecule has 0 radical (unpaired) electrons. The number of hydrogen-bond donors (Lipinski definition) is 1. The van der Waals surface area contributed by atoms with Crippen molar-refractivity contribution in [2.75, 3.05) is 12.0 Å². The second kappa shape index (κ2) is 7.24. The number of rotatable bonds is 3. The molecule has 0 amide bonds. The van der Waals surface area contributed by atoms with E-state index in [1.54, 1.807) is 25.1 Å². The summed E-state index contributed by atoms with van der Waals surface area (Å²) in [6.45, 7) is 1.77. The fourth-order valence-electron chi connectivity index (χ4n) is 3.28. The number of hydrogen-bond acceptors (Lipinski definition) is 6. The van der Waals surface area contributed by atoms with Crippen molar-refractivity contribution < 1.29 is 17.2 Å². The smallest absolute Gasteiger partial charge is 0.256 e. The maximum atomic E-state index is 14.5. The molecular formula is C21H16F2N4O3S. The molecule has 7 nitrogen and oxygen atoms in total. The van der Waals surface area contributed by atoms with Crippen LogP contribution in [0.5, 0.6) is 0 Å². The first-order valence-electron chi connectivity index (χ1n) is 9.02. The van der Waals surface area contributed by atoms with Crippen molar-refractivity contribution in [1.82, 2.24) is 14.5 Å². The van der Waals surface area contributed by atoms with Crippen LogP contribution in [-0.2, 0) is 9.84 Å². The van der Waals surface area contributed by atoms with E-state index in [1.807, 2.05) is 0 Å². The van der Waals surface area contributed by atoms with E-state index in [-0.39, 0.29) is 16.7 Å². The van der Waals surface area contributed by atoms with E-state index in [2.05, 4.69) is 9.97 Å². The van der Waals surface area contributed by atoms with E-state index in [0.717, 1.165) is 36.1 Å². The van der Waals surface area contributed by atoms with Gasteiger partial charge in [0.25, 0.3) is 5.56 Å². The quantitative estimate of drug-likeness (QED) is 0.386. The lowest BCUT2D eigenvalue weighted by Gasteiger charge is -2.15. The number of pyridine rings is 1. The molecule has 4 aromatic rings. The third-order valence-electron chi connectivity index (χ3n) is 4.74. The molecule has 10 heteroatoms. The minimum absolute atomic E-state index is 0.167. The number of aryl methyl sites for hydroxylation is 1. The number of para-hydroxylation sites is 1. The number of anilines is 1. The van der Waals surface area contributed by atoms with Gasteiger partial charge in [-0.15, -0.1) is 0 Å². The first kappa shape index (κ1) is 20.6. The highest BCUT2D eigenvalue weighted by Gasteiger charge is 2.23. The second-order valence-corrected chi connectivity index (χ2v) is 8.93. The van der Waals surface area contributed by atoms with Crippen LogP contribution in [0.3, 0.4) is 0 Å². The summed E-state index contributed by atoms with van der Waals surface area (Å²) in [5.74, 6) is -2.01. The molecule has 0 saturated carbocycles. The third-order valence-corrected chi connectivity index (χ3v) is 5.59. The van der Waals surface area contributed by atoms with Gasteiger partial charge in [-0.3, -0.25) is 9.36 Å². The summed E-state index contributed by atoms with van der Waals surface area (Å²) in [5, 5.41) is -0.365. The summed E-state index contributed by atoms with van der Waals surface area (Å²) < 4.78 is 54.4. The highest BCUT2D eigenvalue weighted by Crippen LogP contribution is 2.31. The molecule has 2 aromatic carbocycles. The fourth-order valence-corrected chi connectivity index (χ4v) is 3.79. The molecule has 0 fully saturated rings. The van der Waals surface area contributed by atoms with Crippen molar-refractivity contribution in [3.8, 4) is 16.9 Å². The Hall–Kier alpha value is -3.66. The molecular weight excluding hydrogens is 426 g/mol. The van der Waals surface area contributed by atoms with Gasteiger partial charge in [-0.25, -0.2) is 22.2 Å². The molecule has 0 unspecified atom stereocenters. The number of aromatic nitrogens is 3. The van der Waals surface area contributed by atoms with E-state index in [1.165, 1.54) is 6.07 Å². The lowest BCUT2D eigenvalue weighted by Crippen LogP contribution is -2.22. The second-order valence-electron chi connectivity index (χ2n) is 7.02. The Kier molecular flexibility index (Phi) is 4.81. The average molecular weight is 442 g/mol. The molecule has 0 aliphatic rings. The van der Waals surface area contributed by atoms with Crippen molar-refractivity contribution in [2.45, 2.75) is 12.1 Å². The summed E-state index contributed by atoms with van der Waals surface area (Å²) in [4.78, 5) is 20.9. The Morgan fingerprint density at radius 1 is 1.00 bits per heavy atom. The zero-order chi connectivity index (χ0) is 22.5. The number of nitrogen functional groups attached to an aromatic ring is 1. The van der Waals surface area contributed by atoms with Gasteiger partial charge in [0.05, 0.1) is 5.69 Å². The molecule has 0 saturated heterocycles. The first-order valence-corrected chi connectivity index (χ1v) is 10.9. The normalized spacial score (nSPS) is 11.7. The van der Waals surface area contributed by atoms with Crippen molar-refractivity contribution in [3.05, 3.63) is 76.1 Å². The Balaban J connectivity index is 2.25. The predicted octanol–water partition coefficient (Wildman–Crippen LogP) is 3.02. The first-order chi connectivity index (χ1) is 14.6. The van der Waals surface area contributed by atoms with Crippen LogP contribution < -0.4 is 11.3 Å². The highest BCUT2D eigenvalue weighted by atomic mass is 32.2. The molecule has 2 heterocycles. The van der Waals surface area contributed by atoms with Gasteiger partial charge < -0.3 is 5.73 Å². The maximum absolute atomic E-state index is 14.5. The number of halogens is 2. The topological polar surface area (TPSA) is 108 Å². The summed E-state index contributed by atoms with van der Waals surface area (Å²) in [5.41, 5.74) is 6.00. The summed E-state index contributed by atoms with van der Waals surface area (Å²) >= 11 is 0. The minimum atomic E-state index is -3.94. The van der Waals surface area contributed by atoms with Crippen molar-refractivity contribution in [2.24, 2.45) is 0 Å². The Labute approximate surface area is 175 Å². The third kappa shape index (κ3) is 3.55. The molecule has 0 atom stereocenters. The summed E-state index contributed by atoms with van der Waals surface area (Å²) in [6, 6.07) is 10.6. The maximum Gasteiger partial charge on any atom is 0.256 e. The average Bonchev–Trinajstić information content (AvgIpc) is 2.69. The number of nitrogens with two attached hydrogens (primary N) is 1. The van der Waals surface area contributed by atoms with E-state index in [9.17, 15) is 22.0 Å². The lowest BCUT2D eigenvalue weighted by molar-refractivity contribution is 0.568. The van der Waals surface area contributed by atoms with Crippen LogP contribution in [0.4, 0.5) is 14.5 Å². The van der Waals surface area contributed by atoms with Gasteiger partial charge in [0.2, 0.25) is 15.0 Å². The Morgan fingerprint density at radius 2 is 1.68 bits per heavy atom. The van der Waals surface area contributed by atoms with Gasteiger partial charge in [0.15, 0.2) is 5.65 Å². The minimum Gasteiger partial charge on any atom is -0.399 e. The molecule has 4 rings (SSSR count). The zero-order valence-corrected chi connectivity index (χ0v) is 17.2. The van der Waals surface area contributed by atoms with Gasteiger partial charge in [0.1, 0.15) is 17.3 Å². The van der Waals surface area contributed by atoms with Gasteiger partial charge in [-0.1, -0.05) is 12.1 Å². The van der Waals surface area contributed by atoms with Crippen molar-refractivity contribution >= 4 is 26.6 Å². The molecule has 0 aliphatic carbocycles. The van der Waals surface area contributed by atoms with Crippen molar-refractivity contribution in [3.63, 3.8) is 0 Å². The molecule has 0 aliphatic heterocycles. The van der Waals surface area contributed by atoms with Crippen LogP contribution >= 0.6 is 0 Å². The van der Waals surface area contributed by atoms with Gasteiger partial charge in [-0.05, 0) is 42.8 Å². The summed E-state index contributed by atoms with van der Waals surface area (Å²) in [6.07, 6.45) is 0.902. The van der Waals surface area contributed by atoms with Crippen molar-refractivity contribution in [1.29, 1.82) is 0 Å². The van der Waals surface area contributed by atoms with Crippen LogP contribution in [0.2, 0.25) is 0 Å². The molecule has 2 aromatic heterocycles. The standard InChI is InChI=1S/C21H16F2N4O3S/c1-11-6-7-12(24)10-14(11)18-13-8-9-17(28)27(19-15(22)4-3-5-16(19)23)20(13)26-21(25-18)31(2,29)30/h3-10H,24H2,1-2H3. The fraction of sp³-hybridized carbons (Fsp3) is 0.0952. The van der Waals surface area contributed by atoms with E-state index in [4.69, 9.17) is 5.73 Å². The summed E-state index contributed by atoms with van der Waals surface area (Å²) in [7, 11) is -3.94. The van der Waals surface area contributed by atoms with Crippen LogP contribution in [0, 0.1) is 18.6 Å². The van der Waals surface area contributed by atoms with Crippen LogP contribution in [-0.4, -0.2) is 29.2 Å². The predicted molar refractivity (Wildman–Crippen MR) is 113 cm³/mol. The van der Waals surface area contributed by atoms with Gasteiger partial charge in [-0.2, -0.15) is 4.98 Å². The molecule has 0 bridgehead atoms. The largest absolute Gasteiger partial charge is 0.399 e. The number of benzene rings is 2. The number of fused-ring (bicyclic) bond motifs is 1. The van der Waals surface area contributed by atoms with Crippen LogP contribution in [0.25, 0.3) is 28.0 Å². The Morgan fingerprint density at radius 3 is 2.32 bits per heavy atom. The molecule has 2 N–H and O–H groups in total. The molecule has 158 valence electrons. The van der Waals surface area contributed by atoms with Gasteiger partial charge >= 0.3 is 0 Å². The SMILES string of the molecule is Cc1ccc(N)cc1-c1nc(S(C)(=O)=O)nc2c1ccc(=O)n2-c1c(F)cccc1F. The van der Waals surface area contributed by atoms with Crippen LogP contribution in [0.1, 0.15) is 5.56 Å².